The molecule has 0 amide bonds. The summed E-state index contributed by atoms with van der Waals surface area (Å²) < 4.78 is 21.8. The van der Waals surface area contributed by atoms with Gasteiger partial charge in [-0.3, -0.25) is 0 Å². The Morgan fingerprint density at radius 1 is 1.33 bits per heavy atom. The summed E-state index contributed by atoms with van der Waals surface area (Å²) in [6, 6.07) is 0. The molecule has 0 aromatic rings. The lowest BCUT2D eigenvalue weighted by atomic mass is 10.4. The van der Waals surface area contributed by atoms with Crippen molar-refractivity contribution in [3.05, 3.63) is 0 Å². The zero-order valence-corrected chi connectivity index (χ0v) is 6.11. The lowest BCUT2D eigenvalue weighted by molar-refractivity contribution is -0.125. The highest BCUT2D eigenvalue weighted by molar-refractivity contribution is 4.47. The SMILES string of the molecule is COCCOC(C)(C)F. The van der Waals surface area contributed by atoms with Crippen LogP contribution in [0.2, 0.25) is 0 Å². The molecule has 56 valence electrons. The normalized spacial score (nSPS) is 12.0. The molecule has 0 aromatic heterocycles. The maximum absolute atomic E-state index is 12.4. The molecule has 0 heterocycles. The third-order valence-electron chi connectivity index (χ3n) is 0.733. The van der Waals surface area contributed by atoms with Gasteiger partial charge in [0.15, 0.2) is 0 Å². The van der Waals surface area contributed by atoms with Crippen molar-refractivity contribution in [1.29, 1.82) is 0 Å². The second-order valence-electron chi connectivity index (χ2n) is 2.20. The molecule has 0 radical (unpaired) electrons. The van der Waals surface area contributed by atoms with Crippen molar-refractivity contribution in [2.45, 2.75) is 19.7 Å². The predicted molar refractivity (Wildman–Crippen MR) is 33.0 cm³/mol. The molecule has 0 aliphatic rings. The summed E-state index contributed by atoms with van der Waals surface area (Å²) in [6.45, 7) is 3.47. The van der Waals surface area contributed by atoms with Gasteiger partial charge in [-0.05, 0) is 13.8 Å². The first kappa shape index (κ1) is 8.85. The fourth-order valence-corrected chi connectivity index (χ4v) is 0.368. The first-order valence-corrected chi connectivity index (χ1v) is 2.88. The van der Waals surface area contributed by atoms with E-state index in [1.54, 1.807) is 7.11 Å². The highest BCUT2D eigenvalue weighted by Gasteiger charge is 2.13. The third-order valence-corrected chi connectivity index (χ3v) is 0.733. The highest BCUT2D eigenvalue weighted by Crippen LogP contribution is 2.08. The zero-order valence-electron chi connectivity index (χ0n) is 6.11. The Morgan fingerprint density at radius 2 is 1.89 bits per heavy atom. The monoisotopic (exact) mass is 136 g/mol. The number of halogens is 1. The first-order valence-electron chi connectivity index (χ1n) is 2.88. The van der Waals surface area contributed by atoms with E-state index in [-0.39, 0.29) is 0 Å². The molecule has 3 heteroatoms. The Balaban J connectivity index is 3.07. The van der Waals surface area contributed by atoms with Gasteiger partial charge in [-0.25, -0.2) is 4.39 Å². The minimum atomic E-state index is -1.53. The second-order valence-corrected chi connectivity index (χ2v) is 2.20. The van der Waals surface area contributed by atoms with Crippen molar-refractivity contribution < 1.29 is 13.9 Å². The molecule has 0 unspecified atom stereocenters. The molecule has 2 nitrogen and oxygen atoms in total. The Bertz CT molecular complexity index is 67.9. The van der Waals surface area contributed by atoms with Gasteiger partial charge in [0.1, 0.15) is 0 Å². The van der Waals surface area contributed by atoms with Crippen LogP contribution in [-0.4, -0.2) is 26.2 Å². The summed E-state index contributed by atoms with van der Waals surface area (Å²) in [6.07, 6.45) is 0. The number of hydrogen-bond acceptors (Lipinski definition) is 2. The minimum absolute atomic E-state index is 0.306. The summed E-state index contributed by atoms with van der Waals surface area (Å²) in [5.41, 5.74) is 0. The fraction of sp³-hybridized carbons (Fsp3) is 1.00. The molecule has 0 saturated carbocycles. The van der Waals surface area contributed by atoms with Gasteiger partial charge in [0, 0.05) is 7.11 Å². The Hall–Kier alpha value is -0.150. The largest absolute Gasteiger partial charge is 0.382 e. The standard InChI is InChI=1S/C6H13FO2/c1-6(2,7)9-5-4-8-3/h4-5H2,1-3H3. The van der Waals surface area contributed by atoms with Gasteiger partial charge in [0.25, 0.3) is 0 Å². The molecule has 0 bridgehead atoms. The average molecular weight is 136 g/mol. The molecular formula is C6H13FO2. The smallest absolute Gasteiger partial charge is 0.203 e. The summed E-state index contributed by atoms with van der Waals surface area (Å²) >= 11 is 0. The Morgan fingerprint density at radius 3 is 2.22 bits per heavy atom. The van der Waals surface area contributed by atoms with E-state index in [9.17, 15) is 4.39 Å². The lowest BCUT2D eigenvalue weighted by Gasteiger charge is -2.14. The van der Waals surface area contributed by atoms with E-state index in [1.807, 2.05) is 0 Å². The van der Waals surface area contributed by atoms with E-state index in [4.69, 9.17) is 0 Å². The van der Waals surface area contributed by atoms with Crippen molar-refractivity contribution in [3.8, 4) is 0 Å². The van der Waals surface area contributed by atoms with Crippen LogP contribution >= 0.6 is 0 Å². The average Bonchev–Trinajstić information content (AvgIpc) is 1.63. The number of alkyl halides is 1. The van der Waals surface area contributed by atoms with Crippen LogP contribution in [0.25, 0.3) is 0 Å². The van der Waals surface area contributed by atoms with E-state index in [2.05, 4.69) is 9.47 Å². The molecule has 0 aromatic carbocycles. The van der Waals surface area contributed by atoms with Gasteiger partial charge in [-0.15, -0.1) is 0 Å². The zero-order chi connectivity index (χ0) is 7.33. The van der Waals surface area contributed by atoms with Crippen LogP contribution in [-0.2, 0) is 9.47 Å². The summed E-state index contributed by atoms with van der Waals surface area (Å²) in [7, 11) is 1.55. The molecule has 0 aliphatic heterocycles. The van der Waals surface area contributed by atoms with Crippen molar-refractivity contribution in [3.63, 3.8) is 0 Å². The number of hydrogen-bond donors (Lipinski definition) is 0. The summed E-state index contributed by atoms with van der Waals surface area (Å²) in [5.74, 6) is -1.53. The molecule has 0 aliphatic carbocycles. The van der Waals surface area contributed by atoms with Gasteiger partial charge in [-0.1, -0.05) is 0 Å². The van der Waals surface area contributed by atoms with Crippen LogP contribution in [0.3, 0.4) is 0 Å². The number of methoxy groups -OCH3 is 1. The molecule has 0 N–H and O–H groups in total. The molecule has 0 rings (SSSR count). The predicted octanol–water partition coefficient (Wildman–Crippen LogP) is 1.35. The first-order chi connectivity index (χ1) is 4.06. The quantitative estimate of drug-likeness (QED) is 0.543. The molecule has 0 saturated heterocycles. The topological polar surface area (TPSA) is 18.5 Å². The van der Waals surface area contributed by atoms with E-state index < -0.39 is 5.85 Å². The molecule has 0 spiro atoms. The van der Waals surface area contributed by atoms with Crippen LogP contribution < -0.4 is 0 Å². The van der Waals surface area contributed by atoms with Crippen LogP contribution in [0.4, 0.5) is 4.39 Å². The maximum Gasteiger partial charge on any atom is 0.203 e. The summed E-state index contributed by atoms with van der Waals surface area (Å²) in [5, 5.41) is 0. The van der Waals surface area contributed by atoms with Crippen molar-refractivity contribution in [2.75, 3.05) is 20.3 Å². The van der Waals surface area contributed by atoms with E-state index in [1.165, 1.54) is 13.8 Å². The Labute approximate surface area is 55.0 Å². The molecular weight excluding hydrogens is 123 g/mol. The second kappa shape index (κ2) is 3.80. The number of ether oxygens (including phenoxy) is 2. The van der Waals surface area contributed by atoms with Crippen molar-refractivity contribution in [1.82, 2.24) is 0 Å². The van der Waals surface area contributed by atoms with Crippen LogP contribution in [0.5, 0.6) is 0 Å². The summed E-state index contributed by atoms with van der Waals surface area (Å²) in [4.78, 5) is 0. The minimum Gasteiger partial charge on any atom is -0.382 e. The fourth-order valence-electron chi connectivity index (χ4n) is 0.368. The highest BCUT2D eigenvalue weighted by atomic mass is 19.2. The van der Waals surface area contributed by atoms with Crippen molar-refractivity contribution >= 4 is 0 Å². The third kappa shape index (κ3) is 7.85. The van der Waals surface area contributed by atoms with Crippen LogP contribution in [0.15, 0.2) is 0 Å². The van der Waals surface area contributed by atoms with Gasteiger partial charge in [-0.2, -0.15) is 0 Å². The lowest BCUT2D eigenvalue weighted by Crippen LogP contribution is -2.19. The van der Waals surface area contributed by atoms with Gasteiger partial charge in [0.05, 0.1) is 13.2 Å². The van der Waals surface area contributed by atoms with E-state index in [0.717, 1.165) is 0 Å². The van der Waals surface area contributed by atoms with Crippen LogP contribution in [0.1, 0.15) is 13.8 Å². The number of rotatable bonds is 4. The van der Waals surface area contributed by atoms with Gasteiger partial charge in [0.2, 0.25) is 5.85 Å². The van der Waals surface area contributed by atoms with Crippen LogP contribution in [0, 0.1) is 0 Å². The molecule has 9 heavy (non-hydrogen) atoms. The van der Waals surface area contributed by atoms with Gasteiger partial charge < -0.3 is 9.47 Å². The van der Waals surface area contributed by atoms with E-state index in [0.29, 0.717) is 13.2 Å². The molecule has 0 atom stereocenters. The van der Waals surface area contributed by atoms with Crippen molar-refractivity contribution in [2.24, 2.45) is 0 Å². The van der Waals surface area contributed by atoms with Gasteiger partial charge >= 0.3 is 0 Å². The molecule has 0 fully saturated rings. The Kier molecular flexibility index (Phi) is 3.73. The maximum atomic E-state index is 12.4. The van der Waals surface area contributed by atoms with E-state index >= 15 is 0 Å².